The molecule has 3 atom stereocenters. The van der Waals surface area contributed by atoms with E-state index in [9.17, 15) is 14.7 Å². The third kappa shape index (κ3) is 3.01. The largest absolute Gasteiger partial charge is 0.481 e. The van der Waals surface area contributed by atoms with E-state index in [1.165, 1.54) is 0 Å². The van der Waals surface area contributed by atoms with Gasteiger partial charge < -0.3 is 15.2 Å². The summed E-state index contributed by atoms with van der Waals surface area (Å²) < 4.78 is 5.47. The number of amides is 1. The molecule has 2 aliphatic rings. The van der Waals surface area contributed by atoms with E-state index in [-0.39, 0.29) is 24.2 Å². The molecule has 2 fully saturated rings. The van der Waals surface area contributed by atoms with E-state index in [1.54, 1.807) is 0 Å². The van der Waals surface area contributed by atoms with Crippen molar-refractivity contribution >= 4 is 12.1 Å². The molecule has 1 amide bonds. The number of hydrogen-bond donors (Lipinski definition) is 2. The maximum Gasteiger partial charge on any atom is 0.407 e. The number of alkyl carbamates (subject to hydrolysis) is 1. The van der Waals surface area contributed by atoms with Crippen LogP contribution in [0.5, 0.6) is 0 Å². The van der Waals surface area contributed by atoms with Gasteiger partial charge in [0.1, 0.15) is 6.10 Å². The number of nitrogens with one attached hydrogen (secondary N) is 1. The molecule has 5 heteroatoms. The van der Waals surface area contributed by atoms with Gasteiger partial charge in [0.2, 0.25) is 0 Å². The third-order valence-corrected chi connectivity index (χ3v) is 4.43. The minimum atomic E-state index is -0.678. The molecular weight excluding hydrogens is 246 g/mol. The number of carbonyl (C=O) groups excluding carboxylic acids is 1. The summed E-state index contributed by atoms with van der Waals surface area (Å²) in [7, 11) is 0. The van der Waals surface area contributed by atoms with Crippen LogP contribution in [0.3, 0.4) is 0 Å². The van der Waals surface area contributed by atoms with Crippen LogP contribution in [0, 0.1) is 11.3 Å². The summed E-state index contributed by atoms with van der Waals surface area (Å²) in [5.41, 5.74) is -0.558. The number of ether oxygens (including phenoxy) is 1. The van der Waals surface area contributed by atoms with Crippen LogP contribution in [-0.2, 0) is 9.53 Å². The van der Waals surface area contributed by atoms with E-state index >= 15 is 0 Å². The van der Waals surface area contributed by atoms with Crippen molar-refractivity contribution in [2.45, 2.75) is 64.5 Å². The molecule has 2 bridgehead atoms. The van der Waals surface area contributed by atoms with Gasteiger partial charge in [-0.05, 0) is 51.9 Å². The molecule has 0 saturated heterocycles. The predicted molar refractivity (Wildman–Crippen MR) is 69.8 cm³/mol. The van der Waals surface area contributed by atoms with Crippen LogP contribution < -0.4 is 5.32 Å². The Balaban J connectivity index is 1.96. The Kier molecular flexibility index (Phi) is 4.02. The number of hydrogen-bond acceptors (Lipinski definition) is 3. The topological polar surface area (TPSA) is 75.6 Å². The highest BCUT2D eigenvalue weighted by Gasteiger charge is 2.49. The third-order valence-electron chi connectivity index (χ3n) is 4.43. The molecule has 2 N–H and O–H groups in total. The molecule has 0 aliphatic heterocycles. The number of fused-ring (bicyclic) bond motifs is 2. The average Bonchev–Trinajstić information content (AvgIpc) is 2.32. The van der Waals surface area contributed by atoms with Crippen LogP contribution in [-0.4, -0.2) is 29.3 Å². The Morgan fingerprint density at radius 3 is 2.68 bits per heavy atom. The molecule has 3 unspecified atom stereocenters. The molecule has 19 heavy (non-hydrogen) atoms. The molecule has 0 aromatic rings. The Hall–Kier alpha value is -1.26. The normalized spacial score (nSPS) is 33.8. The van der Waals surface area contributed by atoms with Crippen molar-refractivity contribution in [3.8, 4) is 0 Å². The number of rotatable bonds is 3. The monoisotopic (exact) mass is 269 g/mol. The SMILES string of the molecule is CC(C)NC(=O)OC1CCC2(C(=O)O)CCCC1C2. The van der Waals surface area contributed by atoms with E-state index in [0.29, 0.717) is 19.3 Å². The van der Waals surface area contributed by atoms with Crippen molar-refractivity contribution in [1.29, 1.82) is 0 Å². The van der Waals surface area contributed by atoms with Gasteiger partial charge in [-0.2, -0.15) is 0 Å². The lowest BCUT2D eigenvalue weighted by molar-refractivity contribution is -0.158. The van der Waals surface area contributed by atoms with Crippen LogP contribution in [0.4, 0.5) is 4.79 Å². The second kappa shape index (κ2) is 5.39. The van der Waals surface area contributed by atoms with Crippen LogP contribution >= 0.6 is 0 Å². The summed E-state index contributed by atoms with van der Waals surface area (Å²) >= 11 is 0. The van der Waals surface area contributed by atoms with Crippen molar-refractivity contribution in [3.05, 3.63) is 0 Å². The zero-order chi connectivity index (χ0) is 14.0. The minimum absolute atomic E-state index is 0.0561. The van der Waals surface area contributed by atoms with Gasteiger partial charge in [-0.25, -0.2) is 4.79 Å². The second-order valence-electron chi connectivity index (χ2n) is 6.22. The molecule has 2 saturated carbocycles. The predicted octanol–water partition coefficient (Wildman–Crippen LogP) is 2.54. The van der Waals surface area contributed by atoms with Gasteiger partial charge in [0.05, 0.1) is 5.41 Å². The fraction of sp³-hybridized carbons (Fsp3) is 0.857. The van der Waals surface area contributed by atoms with Crippen molar-refractivity contribution in [1.82, 2.24) is 5.32 Å². The summed E-state index contributed by atoms with van der Waals surface area (Å²) in [5, 5.41) is 12.1. The van der Waals surface area contributed by atoms with E-state index in [0.717, 1.165) is 19.3 Å². The van der Waals surface area contributed by atoms with Crippen LogP contribution in [0.2, 0.25) is 0 Å². The van der Waals surface area contributed by atoms with E-state index in [2.05, 4.69) is 5.32 Å². The Morgan fingerprint density at radius 2 is 2.05 bits per heavy atom. The molecule has 0 radical (unpaired) electrons. The van der Waals surface area contributed by atoms with Gasteiger partial charge in [0, 0.05) is 6.04 Å². The lowest BCUT2D eigenvalue weighted by Gasteiger charge is -2.45. The summed E-state index contributed by atoms with van der Waals surface area (Å²) in [5.74, 6) is -0.473. The van der Waals surface area contributed by atoms with Gasteiger partial charge >= 0.3 is 12.1 Å². The lowest BCUT2D eigenvalue weighted by Crippen LogP contribution is -2.47. The molecule has 0 heterocycles. The molecule has 0 aromatic heterocycles. The Morgan fingerprint density at radius 1 is 1.32 bits per heavy atom. The maximum atomic E-state index is 11.6. The highest BCUT2D eigenvalue weighted by Crippen LogP contribution is 2.49. The van der Waals surface area contributed by atoms with Gasteiger partial charge in [0.15, 0.2) is 0 Å². The number of carboxylic acid groups (broad SMARTS) is 1. The quantitative estimate of drug-likeness (QED) is 0.825. The first-order valence-electron chi connectivity index (χ1n) is 7.13. The smallest absolute Gasteiger partial charge is 0.407 e. The van der Waals surface area contributed by atoms with Gasteiger partial charge in [-0.3, -0.25) is 4.79 Å². The summed E-state index contributed by atoms with van der Waals surface area (Å²) in [6, 6.07) is 0.0561. The fourth-order valence-electron chi connectivity index (χ4n) is 3.47. The molecule has 0 spiro atoms. The first-order valence-corrected chi connectivity index (χ1v) is 7.13. The summed E-state index contributed by atoms with van der Waals surface area (Å²) in [6.07, 6.45) is 4.10. The minimum Gasteiger partial charge on any atom is -0.481 e. The average molecular weight is 269 g/mol. The van der Waals surface area contributed by atoms with Crippen molar-refractivity contribution in [3.63, 3.8) is 0 Å². The summed E-state index contributed by atoms with van der Waals surface area (Å²) in [6.45, 7) is 3.77. The number of carboxylic acids is 1. The first kappa shape index (κ1) is 14.2. The fourth-order valence-corrected chi connectivity index (χ4v) is 3.47. The molecule has 108 valence electrons. The second-order valence-corrected chi connectivity index (χ2v) is 6.22. The zero-order valence-electron chi connectivity index (χ0n) is 11.6. The molecule has 0 aromatic carbocycles. The molecule has 2 rings (SSSR count). The highest BCUT2D eigenvalue weighted by molar-refractivity contribution is 5.75. The highest BCUT2D eigenvalue weighted by atomic mass is 16.6. The van der Waals surface area contributed by atoms with Crippen molar-refractivity contribution in [2.75, 3.05) is 0 Å². The van der Waals surface area contributed by atoms with Crippen molar-refractivity contribution < 1.29 is 19.4 Å². The van der Waals surface area contributed by atoms with Crippen molar-refractivity contribution in [2.24, 2.45) is 11.3 Å². The van der Waals surface area contributed by atoms with E-state index in [1.807, 2.05) is 13.8 Å². The van der Waals surface area contributed by atoms with Gasteiger partial charge in [-0.15, -0.1) is 0 Å². The first-order chi connectivity index (χ1) is 8.93. The maximum absolute atomic E-state index is 11.6. The van der Waals surface area contributed by atoms with Crippen LogP contribution in [0.15, 0.2) is 0 Å². The molecular formula is C14H23NO4. The molecule has 2 aliphatic carbocycles. The lowest BCUT2D eigenvalue weighted by atomic mass is 9.61. The Labute approximate surface area is 113 Å². The van der Waals surface area contributed by atoms with E-state index in [4.69, 9.17) is 4.74 Å². The Bertz CT molecular complexity index is 368. The standard InChI is InChI=1S/C14H23NO4/c1-9(2)15-13(18)19-11-5-7-14(12(16)17)6-3-4-10(11)8-14/h9-11H,3-8H2,1-2H3,(H,15,18)(H,16,17). The van der Waals surface area contributed by atoms with E-state index < -0.39 is 11.4 Å². The van der Waals surface area contributed by atoms with Crippen LogP contribution in [0.25, 0.3) is 0 Å². The summed E-state index contributed by atoms with van der Waals surface area (Å²) in [4.78, 5) is 23.1. The number of aliphatic carboxylic acids is 1. The zero-order valence-corrected chi connectivity index (χ0v) is 11.6. The number of carbonyl (C=O) groups is 2. The van der Waals surface area contributed by atoms with Gasteiger partial charge in [0.25, 0.3) is 0 Å². The molecule has 5 nitrogen and oxygen atoms in total. The van der Waals surface area contributed by atoms with Crippen LogP contribution in [0.1, 0.15) is 52.4 Å². The van der Waals surface area contributed by atoms with Gasteiger partial charge in [-0.1, -0.05) is 6.42 Å².